The fourth-order valence-corrected chi connectivity index (χ4v) is 9.77. The second kappa shape index (κ2) is 12.2. The van der Waals surface area contributed by atoms with Gasteiger partial charge in [-0.3, -0.25) is 0 Å². The highest BCUT2D eigenvalue weighted by molar-refractivity contribution is 7.33. The lowest BCUT2D eigenvalue weighted by atomic mass is 9.36. The second-order valence-electron chi connectivity index (χ2n) is 18.3. The third-order valence-electron chi connectivity index (χ3n) is 11.5. The van der Waals surface area contributed by atoms with E-state index < -0.39 is 0 Å². The van der Waals surface area contributed by atoms with Crippen LogP contribution in [0, 0.1) is 0 Å². The molecular formula is C50H49BN2S. The van der Waals surface area contributed by atoms with E-state index in [2.05, 4.69) is 206 Å². The molecule has 9 rings (SSSR count). The van der Waals surface area contributed by atoms with Crippen molar-refractivity contribution >= 4 is 78.0 Å². The molecule has 1 aromatic heterocycles. The Bertz CT molecular complexity index is 2540. The molecule has 0 fully saturated rings. The standard InChI is InChI=1S/C50H49BN2S/c1-48(2,3)34-19-24-37(25-20-34)52-41-28-18-33(32-14-11-10-12-15-32)30-40(41)51-45-42(52)16-13-17-43(45)53(38-26-21-35(22-27-38)49(4,5)6)46-39-31-36(50(7,8)9)23-29-44(39)54-47(46)51/h10-31H,1-9H3. The Morgan fingerprint density at radius 2 is 1.02 bits per heavy atom. The number of nitrogens with zero attached hydrogens (tertiary/aromatic N) is 2. The molecule has 6 aromatic carbocycles. The SMILES string of the molecule is CC(C)(C)c1ccc(N2c3ccc(-c4ccccc4)cc3B3c4sc5ccc(C(C)(C)C)cc5c4N(c4ccc(C(C)(C)C)cc4)c4cccc2c43)cc1. The molecule has 0 saturated carbocycles. The van der Waals surface area contributed by atoms with Gasteiger partial charge in [-0.2, -0.15) is 0 Å². The van der Waals surface area contributed by atoms with Gasteiger partial charge in [0.15, 0.2) is 0 Å². The molecule has 0 bridgehead atoms. The maximum absolute atomic E-state index is 2.58. The summed E-state index contributed by atoms with van der Waals surface area (Å²) in [4.78, 5) is 5.10. The molecule has 0 aliphatic carbocycles. The van der Waals surface area contributed by atoms with E-state index in [1.807, 2.05) is 11.3 Å². The fraction of sp³-hybridized carbons (Fsp3) is 0.240. The van der Waals surface area contributed by atoms with E-state index in [-0.39, 0.29) is 23.0 Å². The zero-order valence-electron chi connectivity index (χ0n) is 33.1. The average Bonchev–Trinajstić information content (AvgIpc) is 3.52. The van der Waals surface area contributed by atoms with Crippen LogP contribution in [0.15, 0.2) is 133 Å². The van der Waals surface area contributed by atoms with Crippen molar-refractivity contribution in [1.82, 2.24) is 0 Å². The molecule has 0 spiro atoms. The minimum Gasteiger partial charge on any atom is -0.311 e. The molecule has 3 heterocycles. The van der Waals surface area contributed by atoms with Gasteiger partial charge in [0, 0.05) is 43.3 Å². The highest BCUT2D eigenvalue weighted by atomic mass is 32.1. The first kappa shape index (κ1) is 34.7. The molecule has 0 amide bonds. The largest absolute Gasteiger partial charge is 0.311 e. The molecule has 4 heteroatoms. The molecule has 2 aliphatic rings. The van der Waals surface area contributed by atoms with Gasteiger partial charge >= 0.3 is 0 Å². The normalized spacial score (nSPS) is 13.9. The molecule has 0 saturated heterocycles. The Kier molecular flexibility index (Phi) is 7.86. The topological polar surface area (TPSA) is 6.48 Å². The summed E-state index contributed by atoms with van der Waals surface area (Å²) in [5.41, 5.74) is 16.9. The molecule has 7 aromatic rings. The Labute approximate surface area is 326 Å². The number of rotatable bonds is 3. The summed E-state index contributed by atoms with van der Waals surface area (Å²) in [6, 6.07) is 50.8. The smallest absolute Gasteiger partial charge is 0.264 e. The van der Waals surface area contributed by atoms with E-state index in [1.165, 1.54) is 87.7 Å². The molecule has 0 atom stereocenters. The Balaban J connectivity index is 1.36. The number of benzene rings is 6. The summed E-state index contributed by atoms with van der Waals surface area (Å²) in [7, 11) is 0. The fourth-order valence-electron chi connectivity index (χ4n) is 8.47. The van der Waals surface area contributed by atoms with E-state index in [4.69, 9.17) is 0 Å². The van der Waals surface area contributed by atoms with Crippen LogP contribution < -0.4 is 25.5 Å². The van der Waals surface area contributed by atoms with Crippen molar-refractivity contribution in [2.75, 3.05) is 9.80 Å². The maximum Gasteiger partial charge on any atom is 0.264 e. The van der Waals surface area contributed by atoms with Crippen molar-refractivity contribution in [3.8, 4) is 11.1 Å². The molecule has 0 unspecified atom stereocenters. The Morgan fingerprint density at radius 1 is 0.463 bits per heavy atom. The summed E-state index contributed by atoms with van der Waals surface area (Å²) in [6.45, 7) is 20.8. The third-order valence-corrected chi connectivity index (χ3v) is 12.8. The lowest BCUT2D eigenvalue weighted by molar-refractivity contribution is 0.590. The maximum atomic E-state index is 2.58. The van der Waals surface area contributed by atoms with Crippen LogP contribution in [0.1, 0.15) is 79.0 Å². The summed E-state index contributed by atoms with van der Waals surface area (Å²) in [5, 5.41) is 1.33. The van der Waals surface area contributed by atoms with Gasteiger partial charge in [-0.1, -0.05) is 141 Å². The van der Waals surface area contributed by atoms with Crippen LogP contribution in [-0.2, 0) is 16.2 Å². The number of hydrogen-bond donors (Lipinski definition) is 0. The van der Waals surface area contributed by atoms with Crippen molar-refractivity contribution < 1.29 is 0 Å². The number of hydrogen-bond acceptors (Lipinski definition) is 3. The lowest BCUT2D eigenvalue weighted by Crippen LogP contribution is -2.60. The number of fused-ring (bicyclic) bond motifs is 6. The van der Waals surface area contributed by atoms with Crippen molar-refractivity contribution in [2.45, 2.75) is 78.6 Å². The van der Waals surface area contributed by atoms with Gasteiger partial charge in [0.1, 0.15) is 0 Å². The van der Waals surface area contributed by atoms with Crippen LogP contribution >= 0.6 is 11.3 Å². The van der Waals surface area contributed by atoms with Crippen LogP contribution in [0.2, 0.25) is 0 Å². The molecule has 0 radical (unpaired) electrons. The molecule has 2 aliphatic heterocycles. The van der Waals surface area contributed by atoms with Gasteiger partial charge in [0.25, 0.3) is 6.71 Å². The number of thiophene rings is 1. The van der Waals surface area contributed by atoms with Gasteiger partial charge in [0.05, 0.1) is 5.69 Å². The van der Waals surface area contributed by atoms with E-state index >= 15 is 0 Å². The van der Waals surface area contributed by atoms with Crippen LogP contribution in [0.3, 0.4) is 0 Å². The van der Waals surface area contributed by atoms with E-state index in [0.29, 0.717) is 0 Å². The average molecular weight is 721 g/mol. The number of anilines is 6. The zero-order chi connectivity index (χ0) is 37.7. The predicted octanol–water partition coefficient (Wildman–Crippen LogP) is 12.5. The highest BCUT2D eigenvalue weighted by Crippen LogP contribution is 2.48. The minimum absolute atomic E-state index is 0.0347. The van der Waals surface area contributed by atoms with Crippen LogP contribution in [0.5, 0.6) is 0 Å². The third kappa shape index (κ3) is 5.61. The molecular weight excluding hydrogens is 671 g/mol. The highest BCUT2D eigenvalue weighted by Gasteiger charge is 2.45. The van der Waals surface area contributed by atoms with Gasteiger partial charge in [-0.15, -0.1) is 11.3 Å². The van der Waals surface area contributed by atoms with Gasteiger partial charge in [-0.05, 0) is 110 Å². The Hall–Kier alpha value is -5.06. The molecule has 0 N–H and O–H groups in total. The van der Waals surface area contributed by atoms with E-state index in [1.54, 1.807) is 0 Å². The van der Waals surface area contributed by atoms with Gasteiger partial charge < -0.3 is 9.80 Å². The van der Waals surface area contributed by atoms with Crippen LogP contribution in [0.4, 0.5) is 34.1 Å². The van der Waals surface area contributed by atoms with Crippen molar-refractivity contribution in [1.29, 1.82) is 0 Å². The molecule has 54 heavy (non-hydrogen) atoms. The summed E-state index contributed by atoms with van der Waals surface area (Å²) in [6.07, 6.45) is 0. The second-order valence-corrected chi connectivity index (χ2v) is 19.4. The first-order valence-electron chi connectivity index (χ1n) is 19.4. The van der Waals surface area contributed by atoms with Crippen molar-refractivity contribution in [3.63, 3.8) is 0 Å². The lowest BCUT2D eigenvalue weighted by Gasteiger charge is -2.43. The zero-order valence-corrected chi connectivity index (χ0v) is 33.9. The first-order valence-corrected chi connectivity index (χ1v) is 20.2. The summed E-state index contributed by atoms with van der Waals surface area (Å²) in [5.74, 6) is 0. The van der Waals surface area contributed by atoms with Crippen molar-refractivity contribution in [2.24, 2.45) is 0 Å². The van der Waals surface area contributed by atoms with Gasteiger partial charge in [0.2, 0.25) is 0 Å². The Morgan fingerprint density at radius 3 is 1.61 bits per heavy atom. The van der Waals surface area contributed by atoms with E-state index in [9.17, 15) is 0 Å². The minimum atomic E-state index is 0.0347. The monoisotopic (exact) mass is 720 g/mol. The van der Waals surface area contributed by atoms with Crippen LogP contribution in [-0.4, -0.2) is 6.71 Å². The van der Waals surface area contributed by atoms with E-state index in [0.717, 1.165) is 0 Å². The van der Waals surface area contributed by atoms with Crippen molar-refractivity contribution in [3.05, 3.63) is 150 Å². The quantitative estimate of drug-likeness (QED) is 0.168. The van der Waals surface area contributed by atoms with Crippen LogP contribution in [0.25, 0.3) is 21.2 Å². The predicted molar refractivity (Wildman–Crippen MR) is 237 cm³/mol. The summed E-state index contributed by atoms with van der Waals surface area (Å²) >= 11 is 1.97. The molecule has 2 nitrogen and oxygen atoms in total. The summed E-state index contributed by atoms with van der Waals surface area (Å²) < 4.78 is 2.74. The first-order chi connectivity index (χ1) is 25.7. The molecule has 268 valence electrons. The van der Waals surface area contributed by atoms with Gasteiger partial charge in [-0.25, -0.2) is 0 Å².